The van der Waals surface area contributed by atoms with Gasteiger partial charge < -0.3 is 5.32 Å². The lowest BCUT2D eigenvalue weighted by atomic mass is 10.3. The summed E-state index contributed by atoms with van der Waals surface area (Å²) in [5.41, 5.74) is -0.315. The minimum Gasteiger partial charge on any atom is -0.387 e. The van der Waals surface area contributed by atoms with Gasteiger partial charge in [0.15, 0.2) is 0 Å². The summed E-state index contributed by atoms with van der Waals surface area (Å²) >= 11 is 0. The van der Waals surface area contributed by atoms with Crippen LogP contribution in [-0.2, 0) is 6.18 Å². The minimum atomic E-state index is -4.35. The zero-order valence-electron chi connectivity index (χ0n) is 6.72. The third-order valence-corrected chi connectivity index (χ3v) is 1.34. The number of hydrogen-bond donors (Lipinski definition) is 1. The van der Waals surface area contributed by atoms with E-state index in [4.69, 9.17) is 0 Å². The first-order valence-corrected chi connectivity index (χ1v) is 3.25. The van der Waals surface area contributed by atoms with Gasteiger partial charge >= 0.3 is 6.18 Å². The molecule has 0 saturated carbocycles. The monoisotopic (exact) mass is 212 g/mol. The van der Waals surface area contributed by atoms with E-state index in [1.165, 1.54) is 6.07 Å². The normalized spacial score (nSPS) is 10.5. The number of rotatable bonds is 1. The van der Waals surface area contributed by atoms with E-state index in [9.17, 15) is 13.2 Å². The van der Waals surface area contributed by atoms with Crippen LogP contribution in [0, 0.1) is 0 Å². The predicted octanol–water partition coefficient (Wildman–Crippen LogP) is 2.56. The van der Waals surface area contributed by atoms with Gasteiger partial charge in [0, 0.05) is 7.05 Å². The Labute approximate surface area is 79.6 Å². The molecule has 0 amide bonds. The Kier molecular flexibility index (Phi) is 4.00. The van der Waals surface area contributed by atoms with Crippen LogP contribution in [0.25, 0.3) is 0 Å². The highest BCUT2D eigenvalue weighted by Crippen LogP contribution is 2.27. The van der Waals surface area contributed by atoms with E-state index in [-0.39, 0.29) is 12.4 Å². The van der Waals surface area contributed by atoms with Gasteiger partial charge in [-0.05, 0) is 12.1 Å². The lowest BCUT2D eigenvalue weighted by Crippen LogP contribution is -2.07. The van der Waals surface area contributed by atoms with Crippen molar-refractivity contribution in [2.45, 2.75) is 6.18 Å². The number of alkyl halides is 3. The van der Waals surface area contributed by atoms with Gasteiger partial charge in [-0.25, -0.2) is 4.98 Å². The maximum Gasteiger partial charge on any atom is 0.433 e. The van der Waals surface area contributed by atoms with Gasteiger partial charge in [-0.1, -0.05) is 0 Å². The maximum atomic E-state index is 11.9. The fourth-order valence-corrected chi connectivity index (χ4v) is 0.709. The second-order valence-electron chi connectivity index (χ2n) is 2.18. The Balaban J connectivity index is 0.00000144. The maximum absolute atomic E-state index is 11.9. The van der Waals surface area contributed by atoms with Gasteiger partial charge in [-0.3, -0.25) is 0 Å². The molecule has 0 aromatic carbocycles. The number of pyridine rings is 1. The molecule has 0 aliphatic rings. The van der Waals surface area contributed by atoms with Crippen LogP contribution in [0.3, 0.4) is 0 Å². The minimum absolute atomic E-state index is 0. The Bertz CT molecular complexity index is 257. The van der Waals surface area contributed by atoms with Crippen molar-refractivity contribution in [2.24, 2.45) is 0 Å². The molecule has 1 rings (SSSR count). The van der Waals surface area contributed by atoms with Gasteiger partial charge in [-0.15, -0.1) is 12.4 Å². The lowest BCUT2D eigenvalue weighted by Gasteiger charge is -2.05. The van der Waals surface area contributed by atoms with Crippen LogP contribution in [0.1, 0.15) is 5.69 Å². The molecule has 0 aliphatic carbocycles. The first-order chi connectivity index (χ1) is 5.54. The summed E-state index contributed by atoms with van der Waals surface area (Å²) in [7, 11) is 1.62. The Morgan fingerprint density at radius 1 is 1.31 bits per heavy atom. The average molecular weight is 213 g/mol. The van der Waals surface area contributed by atoms with Crippen molar-refractivity contribution < 1.29 is 13.2 Å². The van der Waals surface area contributed by atoms with Crippen molar-refractivity contribution in [3.8, 4) is 0 Å². The molecule has 0 fully saturated rings. The lowest BCUT2D eigenvalue weighted by molar-refractivity contribution is -0.141. The van der Waals surface area contributed by atoms with Crippen molar-refractivity contribution in [1.82, 2.24) is 4.98 Å². The van der Waals surface area contributed by atoms with Crippen molar-refractivity contribution in [2.75, 3.05) is 12.4 Å². The van der Waals surface area contributed by atoms with Crippen molar-refractivity contribution >= 4 is 18.1 Å². The molecule has 0 saturated heterocycles. The number of anilines is 1. The van der Waals surface area contributed by atoms with Crippen LogP contribution in [-0.4, -0.2) is 12.0 Å². The molecule has 0 aliphatic heterocycles. The highest BCUT2D eigenvalue weighted by atomic mass is 35.5. The second-order valence-corrected chi connectivity index (χ2v) is 2.18. The zero-order chi connectivity index (χ0) is 9.19. The van der Waals surface area contributed by atoms with E-state index < -0.39 is 11.9 Å². The van der Waals surface area contributed by atoms with Gasteiger partial charge in [-0.2, -0.15) is 13.2 Å². The number of aromatic nitrogens is 1. The topological polar surface area (TPSA) is 24.9 Å². The summed E-state index contributed by atoms with van der Waals surface area (Å²) in [6.07, 6.45) is -3.21. The largest absolute Gasteiger partial charge is 0.433 e. The molecule has 74 valence electrons. The van der Waals surface area contributed by atoms with Gasteiger partial charge in [0.25, 0.3) is 0 Å². The quantitative estimate of drug-likeness (QED) is 0.774. The highest BCUT2D eigenvalue weighted by Gasteiger charge is 2.31. The smallest absolute Gasteiger partial charge is 0.387 e. The van der Waals surface area contributed by atoms with Crippen LogP contribution in [0.5, 0.6) is 0 Å². The predicted molar refractivity (Wildman–Crippen MR) is 46.0 cm³/mol. The second kappa shape index (κ2) is 4.32. The third-order valence-electron chi connectivity index (χ3n) is 1.34. The summed E-state index contributed by atoms with van der Waals surface area (Å²) in [6, 6.07) is 2.27. The Morgan fingerprint density at radius 2 is 1.92 bits per heavy atom. The van der Waals surface area contributed by atoms with E-state index in [0.717, 1.165) is 12.3 Å². The van der Waals surface area contributed by atoms with Crippen LogP contribution in [0.15, 0.2) is 18.3 Å². The summed E-state index contributed by atoms with van der Waals surface area (Å²) in [4.78, 5) is 3.23. The van der Waals surface area contributed by atoms with E-state index in [1.807, 2.05) is 0 Å². The van der Waals surface area contributed by atoms with E-state index in [2.05, 4.69) is 10.3 Å². The van der Waals surface area contributed by atoms with Crippen LogP contribution in [0.2, 0.25) is 0 Å². The van der Waals surface area contributed by atoms with Crippen molar-refractivity contribution in [3.63, 3.8) is 0 Å². The summed E-state index contributed by atoms with van der Waals surface area (Å²) in [5, 5.41) is 2.68. The molecule has 13 heavy (non-hydrogen) atoms. The number of nitrogens with one attached hydrogen (secondary N) is 1. The highest BCUT2D eigenvalue weighted by molar-refractivity contribution is 5.85. The first-order valence-electron chi connectivity index (χ1n) is 3.25. The molecule has 1 heterocycles. The number of nitrogens with zero attached hydrogens (tertiary/aromatic N) is 1. The summed E-state index contributed by atoms with van der Waals surface area (Å²) < 4.78 is 35.8. The van der Waals surface area contributed by atoms with E-state index in [0.29, 0.717) is 5.69 Å². The summed E-state index contributed by atoms with van der Waals surface area (Å²) in [5.74, 6) is 0. The van der Waals surface area contributed by atoms with Crippen LogP contribution in [0.4, 0.5) is 18.9 Å². The van der Waals surface area contributed by atoms with Gasteiger partial charge in [0.1, 0.15) is 5.69 Å². The molecule has 2 nitrogen and oxygen atoms in total. The fourth-order valence-electron chi connectivity index (χ4n) is 0.709. The molecule has 1 aromatic heterocycles. The standard InChI is InChI=1S/C7H7F3N2.ClH/c1-11-5-2-3-6(12-4-5)7(8,9)10;/h2-4,11H,1H3;1H. The molecule has 0 atom stereocenters. The molecule has 0 unspecified atom stereocenters. The molecule has 6 heteroatoms. The number of hydrogen-bond acceptors (Lipinski definition) is 2. The third kappa shape index (κ3) is 3.10. The Morgan fingerprint density at radius 3 is 2.23 bits per heavy atom. The van der Waals surface area contributed by atoms with Crippen LogP contribution >= 0.6 is 12.4 Å². The van der Waals surface area contributed by atoms with Crippen molar-refractivity contribution in [1.29, 1.82) is 0 Å². The van der Waals surface area contributed by atoms with E-state index >= 15 is 0 Å². The molecule has 1 N–H and O–H groups in total. The molecule has 0 spiro atoms. The first kappa shape index (κ1) is 12.0. The van der Waals surface area contributed by atoms with Gasteiger partial charge in [0.05, 0.1) is 11.9 Å². The zero-order valence-corrected chi connectivity index (χ0v) is 7.54. The SMILES string of the molecule is CNc1ccc(C(F)(F)F)nc1.Cl. The van der Waals surface area contributed by atoms with Gasteiger partial charge in [0.2, 0.25) is 0 Å². The van der Waals surface area contributed by atoms with Crippen molar-refractivity contribution in [3.05, 3.63) is 24.0 Å². The molecule has 0 bridgehead atoms. The summed E-state index contributed by atoms with van der Waals surface area (Å²) in [6.45, 7) is 0. The molecular weight excluding hydrogens is 205 g/mol. The fraction of sp³-hybridized carbons (Fsp3) is 0.286. The Hall–Kier alpha value is -0.970. The van der Waals surface area contributed by atoms with Crippen LogP contribution < -0.4 is 5.32 Å². The average Bonchev–Trinajstić information content (AvgIpc) is 2.03. The molecule has 1 aromatic rings. The molecular formula is C7H8ClF3N2. The number of halogens is 4. The van der Waals surface area contributed by atoms with E-state index in [1.54, 1.807) is 7.05 Å². The molecule has 0 radical (unpaired) electrons.